The largest absolute Gasteiger partial charge is 0.469 e. The van der Waals surface area contributed by atoms with Gasteiger partial charge >= 0.3 is 11.9 Å². The van der Waals surface area contributed by atoms with Crippen molar-refractivity contribution in [3.05, 3.63) is 60.4 Å². The Kier molecular flexibility index (Phi) is 7.64. The van der Waals surface area contributed by atoms with E-state index in [9.17, 15) is 14.4 Å². The second-order valence-electron chi connectivity index (χ2n) is 10.7. The van der Waals surface area contributed by atoms with Crippen molar-refractivity contribution in [2.75, 3.05) is 25.2 Å². The molecule has 42 heavy (non-hydrogen) atoms. The number of amides is 1. The average molecular weight is 577 g/mol. The molecule has 1 aliphatic carbocycles. The summed E-state index contributed by atoms with van der Waals surface area (Å²) < 4.78 is 26.8. The number of carbonyl (C=O) groups excluding carboxylic acids is 3. The fourth-order valence-corrected chi connectivity index (χ4v) is 5.54. The lowest BCUT2D eigenvalue weighted by Crippen LogP contribution is -2.43. The first kappa shape index (κ1) is 27.5. The highest BCUT2D eigenvalue weighted by molar-refractivity contribution is 6.00. The van der Waals surface area contributed by atoms with Crippen LogP contribution in [0.5, 0.6) is 0 Å². The summed E-state index contributed by atoms with van der Waals surface area (Å²) in [5.41, 5.74) is 2.62. The molecule has 3 unspecified atom stereocenters. The summed E-state index contributed by atoms with van der Waals surface area (Å²) in [6.45, 7) is 1.17. The third-order valence-corrected chi connectivity index (χ3v) is 7.90. The zero-order valence-electron chi connectivity index (χ0n) is 22.9. The van der Waals surface area contributed by atoms with E-state index in [4.69, 9.17) is 9.57 Å². The van der Waals surface area contributed by atoms with Crippen LogP contribution in [0.15, 0.2) is 54.1 Å². The Morgan fingerprint density at radius 1 is 1.17 bits per heavy atom. The Morgan fingerprint density at radius 2 is 2.02 bits per heavy atom. The van der Waals surface area contributed by atoms with Gasteiger partial charge in [-0.3, -0.25) is 24.0 Å². The second kappa shape index (κ2) is 11.7. The maximum Gasteiger partial charge on any atom is 0.306 e. The highest BCUT2D eigenvalue weighted by Gasteiger charge is 2.53. The minimum atomic E-state index is -0.527. The molecule has 1 saturated heterocycles. The highest BCUT2D eigenvalue weighted by atomic mass is 19.1. The first-order valence-electron chi connectivity index (χ1n) is 13.8. The standard InChI is InChI=1S/C29H29FN6O6/c1-40-27(37)6-7-28(38)41-16-20-11-26(33-42-20)25-5-2-17(13-31-25)21-4-3-19(10-24(21)30)36-15-18(14-35-9-8-32-34-35)22-12-23(22)29(36)39/h2-5,8-10,13,18,20,22-23H,6-7,11-12,14-16H2,1H3/t18-,20?,22?,23?/m0/s1. The van der Waals surface area contributed by atoms with Gasteiger partial charge in [0.25, 0.3) is 0 Å². The van der Waals surface area contributed by atoms with Crippen molar-refractivity contribution < 1.29 is 33.1 Å². The number of rotatable bonds is 10. The number of methoxy groups -OCH3 is 1. The van der Waals surface area contributed by atoms with Gasteiger partial charge in [-0.2, -0.15) is 0 Å². The number of esters is 2. The van der Waals surface area contributed by atoms with Gasteiger partial charge in [0.2, 0.25) is 5.91 Å². The number of ether oxygens (including phenoxy) is 2. The first-order chi connectivity index (χ1) is 20.4. The molecule has 2 aliphatic heterocycles. The molecule has 2 aromatic heterocycles. The van der Waals surface area contributed by atoms with Gasteiger partial charge in [0.05, 0.1) is 31.8 Å². The maximum atomic E-state index is 15.4. The number of fused-ring (bicyclic) bond motifs is 1. The number of aromatic nitrogens is 4. The molecule has 1 aromatic carbocycles. The molecule has 1 amide bonds. The normalized spacial score (nSPS) is 22.7. The fourth-order valence-electron chi connectivity index (χ4n) is 5.54. The van der Waals surface area contributed by atoms with Crippen LogP contribution < -0.4 is 4.90 Å². The van der Waals surface area contributed by atoms with Crippen LogP contribution >= 0.6 is 0 Å². The van der Waals surface area contributed by atoms with Gasteiger partial charge in [-0.15, -0.1) is 5.10 Å². The fraction of sp³-hybridized carbons (Fsp3) is 0.414. The Bertz CT molecular complexity index is 1510. The summed E-state index contributed by atoms with van der Waals surface area (Å²) in [6, 6.07) is 8.32. The molecular formula is C29H29FN6O6. The molecule has 0 radical (unpaired) electrons. The van der Waals surface area contributed by atoms with Crippen molar-refractivity contribution in [3.8, 4) is 11.1 Å². The summed E-state index contributed by atoms with van der Waals surface area (Å²) in [5.74, 6) is -0.868. The predicted octanol–water partition coefficient (Wildman–Crippen LogP) is 2.77. The quantitative estimate of drug-likeness (QED) is 0.334. The predicted molar refractivity (Wildman–Crippen MR) is 145 cm³/mol. The highest BCUT2D eigenvalue weighted by Crippen LogP contribution is 2.50. The van der Waals surface area contributed by atoms with Crippen molar-refractivity contribution in [1.82, 2.24) is 20.0 Å². The summed E-state index contributed by atoms with van der Waals surface area (Å²) in [5, 5.41) is 12.0. The first-order valence-corrected chi connectivity index (χ1v) is 13.8. The van der Waals surface area contributed by atoms with Crippen LogP contribution in [0.2, 0.25) is 0 Å². The number of anilines is 1. The summed E-state index contributed by atoms with van der Waals surface area (Å²) in [7, 11) is 1.26. The molecule has 3 aliphatic rings. The van der Waals surface area contributed by atoms with Crippen molar-refractivity contribution in [2.45, 2.75) is 38.3 Å². The SMILES string of the molecule is COC(=O)CCC(=O)OCC1CC(c2ccc(-c3ccc(N4C[C@H](Cn5ccnn5)C5CC5C4=O)cc3F)cn2)=NO1. The summed E-state index contributed by atoms with van der Waals surface area (Å²) in [4.78, 5) is 47.4. The monoisotopic (exact) mass is 576 g/mol. The van der Waals surface area contributed by atoms with E-state index in [-0.39, 0.29) is 37.2 Å². The van der Waals surface area contributed by atoms with E-state index in [1.54, 1.807) is 46.2 Å². The minimum Gasteiger partial charge on any atom is -0.469 e. The van der Waals surface area contributed by atoms with Gasteiger partial charge in [-0.1, -0.05) is 16.4 Å². The van der Waals surface area contributed by atoms with Crippen LogP contribution in [-0.2, 0) is 35.2 Å². The van der Waals surface area contributed by atoms with E-state index in [0.29, 0.717) is 53.6 Å². The third-order valence-electron chi connectivity index (χ3n) is 7.90. The lowest BCUT2D eigenvalue weighted by atomic mass is 9.96. The molecule has 12 nitrogen and oxygen atoms in total. The zero-order chi connectivity index (χ0) is 29.2. The molecule has 6 rings (SSSR count). The molecular weight excluding hydrogens is 547 g/mol. The smallest absolute Gasteiger partial charge is 0.306 e. The van der Waals surface area contributed by atoms with Gasteiger partial charge in [0.1, 0.15) is 18.1 Å². The molecule has 3 aromatic rings. The van der Waals surface area contributed by atoms with E-state index in [0.717, 1.165) is 6.42 Å². The van der Waals surface area contributed by atoms with Gasteiger partial charge in [0.15, 0.2) is 6.10 Å². The summed E-state index contributed by atoms with van der Waals surface area (Å²) in [6.07, 6.45) is 5.65. The van der Waals surface area contributed by atoms with Crippen molar-refractivity contribution in [2.24, 2.45) is 22.9 Å². The van der Waals surface area contributed by atoms with E-state index in [1.165, 1.54) is 13.2 Å². The van der Waals surface area contributed by atoms with Gasteiger partial charge < -0.3 is 19.2 Å². The molecule has 4 heterocycles. The second-order valence-corrected chi connectivity index (χ2v) is 10.7. The Labute approximate surface area is 240 Å². The zero-order valence-corrected chi connectivity index (χ0v) is 22.9. The van der Waals surface area contributed by atoms with Crippen LogP contribution in [-0.4, -0.2) is 69.9 Å². The van der Waals surface area contributed by atoms with E-state index in [1.807, 2.05) is 6.20 Å². The number of nitrogens with zero attached hydrogens (tertiary/aromatic N) is 6. The molecule has 2 fully saturated rings. The number of hydrogen-bond donors (Lipinski definition) is 0. The number of carbonyl (C=O) groups is 3. The number of hydrogen-bond acceptors (Lipinski definition) is 10. The number of piperidine rings is 1. The number of benzene rings is 1. The Morgan fingerprint density at radius 3 is 2.76 bits per heavy atom. The van der Waals surface area contributed by atoms with Crippen LogP contribution in [0, 0.1) is 23.6 Å². The lowest BCUT2D eigenvalue weighted by Gasteiger charge is -2.32. The van der Waals surface area contributed by atoms with Crippen molar-refractivity contribution in [3.63, 3.8) is 0 Å². The van der Waals surface area contributed by atoms with E-state index in [2.05, 4.69) is 25.2 Å². The number of pyridine rings is 1. The number of halogens is 1. The topological polar surface area (TPSA) is 138 Å². The number of oxime groups is 1. The molecule has 4 atom stereocenters. The third kappa shape index (κ3) is 5.85. The van der Waals surface area contributed by atoms with Crippen molar-refractivity contribution >= 4 is 29.2 Å². The van der Waals surface area contributed by atoms with Gasteiger partial charge in [-0.05, 0) is 36.6 Å². The molecule has 0 N–H and O–H groups in total. The molecule has 218 valence electrons. The maximum absolute atomic E-state index is 15.4. The van der Waals surface area contributed by atoms with Gasteiger partial charge in [0, 0.05) is 60.6 Å². The van der Waals surface area contributed by atoms with Crippen LogP contribution in [0.1, 0.15) is 31.4 Å². The molecule has 0 spiro atoms. The van der Waals surface area contributed by atoms with E-state index >= 15 is 4.39 Å². The van der Waals surface area contributed by atoms with Crippen molar-refractivity contribution in [1.29, 1.82) is 0 Å². The van der Waals surface area contributed by atoms with Gasteiger partial charge in [-0.25, -0.2) is 4.39 Å². The molecule has 0 bridgehead atoms. The Hall–Kier alpha value is -4.68. The molecule has 13 heteroatoms. The summed E-state index contributed by atoms with van der Waals surface area (Å²) >= 11 is 0. The average Bonchev–Trinajstić information content (AvgIpc) is 3.40. The van der Waals surface area contributed by atoms with Crippen LogP contribution in [0.4, 0.5) is 10.1 Å². The minimum absolute atomic E-state index is 0.00916. The Balaban J connectivity index is 1.06. The van der Waals surface area contributed by atoms with E-state index < -0.39 is 23.9 Å². The molecule has 1 saturated carbocycles. The van der Waals surface area contributed by atoms with Crippen LogP contribution in [0.25, 0.3) is 11.1 Å². The van der Waals surface area contributed by atoms with Crippen LogP contribution in [0.3, 0.4) is 0 Å². The lowest BCUT2D eigenvalue weighted by molar-refractivity contribution is -0.151.